The number of rotatable bonds is 7. The van der Waals surface area contributed by atoms with Gasteiger partial charge in [0.2, 0.25) is 15.9 Å². The molecule has 1 N–H and O–H groups in total. The van der Waals surface area contributed by atoms with Gasteiger partial charge in [0, 0.05) is 38.0 Å². The molecule has 0 unspecified atom stereocenters. The molecule has 8 nitrogen and oxygen atoms in total. The van der Waals surface area contributed by atoms with Gasteiger partial charge in [-0.3, -0.25) is 9.48 Å². The quantitative estimate of drug-likeness (QED) is 0.647. The topological polar surface area (TPSA) is 93.5 Å². The fraction of sp³-hybridized carbons (Fsp3) is 0.680. The zero-order valence-electron chi connectivity index (χ0n) is 20.2. The van der Waals surface area contributed by atoms with Gasteiger partial charge in [-0.15, -0.1) is 0 Å². The molecule has 34 heavy (non-hydrogen) atoms. The average Bonchev–Trinajstić information content (AvgIpc) is 3.60. The third kappa shape index (κ3) is 5.47. The second-order valence-corrected chi connectivity index (χ2v) is 12.3. The number of fused-ring (bicyclic) bond motifs is 1. The number of carbonyl (C=O) groups excluding carboxylic acids is 1. The Bertz CT molecular complexity index is 1130. The van der Waals surface area contributed by atoms with Crippen molar-refractivity contribution in [1.29, 1.82) is 0 Å². The number of aryl methyl sites for hydroxylation is 1. The number of amides is 1. The molecule has 1 aliphatic heterocycles. The number of carbonyl (C=O) groups is 1. The van der Waals surface area contributed by atoms with Crippen molar-refractivity contribution >= 4 is 26.8 Å². The van der Waals surface area contributed by atoms with Crippen LogP contribution < -0.4 is 4.72 Å². The van der Waals surface area contributed by atoms with Crippen molar-refractivity contribution in [2.24, 2.45) is 18.9 Å². The minimum Gasteiger partial charge on any atom is -0.374 e. The van der Waals surface area contributed by atoms with Gasteiger partial charge >= 0.3 is 0 Å². The summed E-state index contributed by atoms with van der Waals surface area (Å²) >= 11 is 0. The van der Waals surface area contributed by atoms with E-state index in [4.69, 9.17) is 4.74 Å². The van der Waals surface area contributed by atoms with Gasteiger partial charge in [-0.1, -0.05) is 6.07 Å². The summed E-state index contributed by atoms with van der Waals surface area (Å²) in [6.45, 7) is 1.68. The third-order valence-corrected chi connectivity index (χ3v) is 8.53. The summed E-state index contributed by atoms with van der Waals surface area (Å²) in [6.07, 6.45) is 9.82. The minimum absolute atomic E-state index is 0.168. The van der Waals surface area contributed by atoms with Crippen LogP contribution in [0, 0.1) is 11.8 Å². The number of nitrogens with one attached hydrogen (secondary N) is 1. The zero-order chi connectivity index (χ0) is 23.9. The van der Waals surface area contributed by atoms with Crippen LogP contribution >= 0.6 is 0 Å². The molecular weight excluding hydrogens is 452 g/mol. The van der Waals surface area contributed by atoms with Gasteiger partial charge in [-0.05, 0) is 74.5 Å². The molecule has 0 bridgehead atoms. The van der Waals surface area contributed by atoms with Crippen LogP contribution in [0.5, 0.6) is 0 Å². The Balaban J connectivity index is 1.16. The maximum atomic E-state index is 12.6. The molecule has 1 aromatic carbocycles. The fourth-order valence-electron chi connectivity index (χ4n) is 5.64. The molecule has 2 aliphatic carbocycles. The van der Waals surface area contributed by atoms with Crippen LogP contribution in [0.4, 0.5) is 0 Å². The molecule has 3 aliphatic rings. The van der Waals surface area contributed by atoms with E-state index in [0.29, 0.717) is 38.0 Å². The minimum atomic E-state index is -3.33. The van der Waals surface area contributed by atoms with Gasteiger partial charge in [-0.25, -0.2) is 13.1 Å². The number of nitrogens with zero attached hydrogens (tertiary/aromatic N) is 3. The van der Waals surface area contributed by atoms with Crippen LogP contribution in [0.3, 0.4) is 0 Å². The van der Waals surface area contributed by atoms with Crippen molar-refractivity contribution in [2.75, 3.05) is 26.0 Å². The lowest BCUT2D eigenvalue weighted by atomic mass is 9.79. The molecule has 9 heteroatoms. The fourth-order valence-corrected chi connectivity index (χ4v) is 6.46. The first-order chi connectivity index (χ1) is 16.3. The normalized spacial score (nSPS) is 28.4. The van der Waals surface area contributed by atoms with Gasteiger partial charge < -0.3 is 9.64 Å². The summed E-state index contributed by atoms with van der Waals surface area (Å²) < 4.78 is 34.8. The highest BCUT2D eigenvalue weighted by Gasteiger charge is 2.39. The van der Waals surface area contributed by atoms with E-state index in [9.17, 15) is 13.2 Å². The Kier molecular flexibility index (Phi) is 6.70. The maximum Gasteiger partial charge on any atom is 0.225 e. The molecule has 1 saturated heterocycles. The number of piperidine rings is 1. The van der Waals surface area contributed by atoms with Crippen molar-refractivity contribution < 1.29 is 17.9 Å². The van der Waals surface area contributed by atoms with Crippen molar-refractivity contribution in [3.63, 3.8) is 0 Å². The van der Waals surface area contributed by atoms with E-state index >= 15 is 0 Å². The summed E-state index contributed by atoms with van der Waals surface area (Å²) in [5.74, 6) is 1.40. The third-order valence-electron chi connectivity index (χ3n) is 7.80. The Labute approximate surface area is 202 Å². The molecule has 2 atom stereocenters. The Morgan fingerprint density at radius 2 is 1.91 bits per heavy atom. The summed E-state index contributed by atoms with van der Waals surface area (Å²) in [7, 11) is -1.36. The molecule has 1 amide bonds. The molecular formula is C25H36N4O4S. The number of benzene rings is 1. The van der Waals surface area contributed by atoms with Crippen LogP contribution in [0.2, 0.25) is 0 Å². The molecule has 0 radical (unpaired) electrons. The molecule has 2 saturated carbocycles. The smallest absolute Gasteiger partial charge is 0.225 e. The van der Waals surface area contributed by atoms with E-state index in [1.165, 1.54) is 17.2 Å². The Morgan fingerprint density at radius 3 is 2.62 bits per heavy atom. The van der Waals surface area contributed by atoms with Crippen molar-refractivity contribution in [3.05, 3.63) is 30.0 Å². The number of sulfonamides is 1. The highest BCUT2D eigenvalue weighted by molar-refractivity contribution is 7.88. The number of aromatic nitrogens is 2. The average molecular weight is 489 g/mol. The first-order valence-electron chi connectivity index (χ1n) is 12.6. The monoisotopic (exact) mass is 488 g/mol. The lowest BCUT2D eigenvalue weighted by Crippen LogP contribution is -2.56. The zero-order valence-corrected chi connectivity index (χ0v) is 21.0. The largest absolute Gasteiger partial charge is 0.374 e. The summed E-state index contributed by atoms with van der Waals surface area (Å²) in [4.78, 5) is 14.5. The van der Waals surface area contributed by atoms with Crippen molar-refractivity contribution in [1.82, 2.24) is 19.4 Å². The summed E-state index contributed by atoms with van der Waals surface area (Å²) in [5, 5.41) is 5.55. The second-order valence-electron chi connectivity index (χ2n) is 10.5. The molecule has 3 fully saturated rings. The highest BCUT2D eigenvalue weighted by atomic mass is 32.2. The van der Waals surface area contributed by atoms with Gasteiger partial charge in [0.05, 0.1) is 30.1 Å². The summed E-state index contributed by atoms with van der Waals surface area (Å²) in [5.41, 5.74) is 2.54. The van der Waals surface area contributed by atoms with Gasteiger partial charge in [-0.2, -0.15) is 5.10 Å². The number of likely N-dealkylation sites (tertiary alicyclic amines) is 1. The van der Waals surface area contributed by atoms with Gasteiger partial charge in [0.15, 0.2) is 0 Å². The van der Waals surface area contributed by atoms with Crippen LogP contribution in [-0.4, -0.2) is 67.1 Å². The van der Waals surface area contributed by atoms with Crippen molar-refractivity contribution in [3.8, 4) is 0 Å². The lowest BCUT2D eigenvalue weighted by molar-refractivity contribution is -0.137. The molecule has 2 aromatic rings. The van der Waals surface area contributed by atoms with E-state index in [1.54, 1.807) is 0 Å². The number of ether oxygens (including phenoxy) is 1. The summed E-state index contributed by atoms with van der Waals surface area (Å²) in [6, 6.07) is 6.40. The predicted molar refractivity (Wildman–Crippen MR) is 131 cm³/mol. The van der Waals surface area contributed by atoms with Gasteiger partial charge in [0.25, 0.3) is 0 Å². The predicted octanol–water partition coefficient (Wildman–Crippen LogP) is 2.79. The van der Waals surface area contributed by atoms with Crippen LogP contribution in [0.1, 0.15) is 56.4 Å². The maximum absolute atomic E-state index is 12.6. The van der Waals surface area contributed by atoms with E-state index in [1.807, 2.05) is 22.8 Å². The van der Waals surface area contributed by atoms with E-state index in [0.717, 1.165) is 44.0 Å². The molecule has 2 heterocycles. The SMILES string of the molecule is Cn1ncc2cc(C3CCC(CO[C@@H]4CN(C(=O)C5CC5)CC[C@@H]4NS(C)(=O)=O)CC3)ccc21. The number of hydrogen-bond acceptors (Lipinski definition) is 5. The van der Waals surface area contributed by atoms with Crippen LogP contribution in [0.15, 0.2) is 24.4 Å². The Morgan fingerprint density at radius 1 is 1.15 bits per heavy atom. The van der Waals surface area contributed by atoms with Crippen LogP contribution in [0.25, 0.3) is 10.9 Å². The standard InChI is InChI=1S/C25H36N4O4S/c1-28-23-10-9-20(13-21(23)14-26-28)18-5-3-17(4-6-18)16-33-24-15-29(25(30)19-7-8-19)12-11-22(24)27-34(2,31)32/h9-10,13-14,17-19,22,24,27H,3-8,11-12,15-16H2,1-2H3/t17?,18?,22-,24+/m0/s1. The van der Waals surface area contributed by atoms with E-state index in [-0.39, 0.29) is 24.0 Å². The van der Waals surface area contributed by atoms with Gasteiger partial charge in [0.1, 0.15) is 0 Å². The first kappa shape index (κ1) is 23.8. The van der Waals surface area contributed by atoms with E-state index < -0.39 is 10.0 Å². The molecule has 186 valence electrons. The first-order valence-corrected chi connectivity index (χ1v) is 14.5. The molecule has 0 spiro atoms. The lowest BCUT2D eigenvalue weighted by Gasteiger charge is -2.39. The number of hydrogen-bond donors (Lipinski definition) is 1. The molecule has 5 rings (SSSR count). The Hall–Kier alpha value is -1.97. The van der Waals surface area contributed by atoms with E-state index in [2.05, 4.69) is 28.0 Å². The molecule has 1 aromatic heterocycles. The van der Waals surface area contributed by atoms with Crippen LogP contribution in [-0.2, 0) is 26.6 Å². The van der Waals surface area contributed by atoms with Crippen molar-refractivity contribution in [2.45, 2.75) is 63.0 Å². The second kappa shape index (κ2) is 9.59. The highest BCUT2D eigenvalue weighted by Crippen LogP contribution is 2.37.